The molecule has 76 valence electrons. The van der Waals surface area contributed by atoms with Gasteiger partial charge >= 0.3 is 0 Å². The number of hydrogen-bond donors (Lipinski definition) is 1. The van der Waals surface area contributed by atoms with E-state index in [-0.39, 0.29) is 17.2 Å². The van der Waals surface area contributed by atoms with Crippen LogP contribution in [0.15, 0.2) is 36.4 Å². The summed E-state index contributed by atoms with van der Waals surface area (Å²) < 4.78 is 12.4. The van der Waals surface area contributed by atoms with Gasteiger partial charge < -0.3 is 10.8 Å². The van der Waals surface area contributed by atoms with Gasteiger partial charge in [0.1, 0.15) is 5.82 Å². The molecule has 4 heteroatoms. The molecule has 0 bridgehead atoms. The minimum atomic E-state index is -0.316. The van der Waals surface area contributed by atoms with E-state index in [0.29, 0.717) is 5.69 Å². The summed E-state index contributed by atoms with van der Waals surface area (Å²) in [6, 6.07) is 5.62. The van der Waals surface area contributed by atoms with E-state index in [1.807, 2.05) is 0 Å². The van der Waals surface area contributed by atoms with Crippen molar-refractivity contribution in [3.05, 3.63) is 42.2 Å². The molecule has 0 fully saturated rings. The van der Waals surface area contributed by atoms with Crippen LogP contribution in [0.4, 0.5) is 10.1 Å². The highest BCUT2D eigenvalue weighted by Gasteiger charge is 1.96. The molecule has 0 radical (unpaired) electrons. The number of amides is 1. The molecule has 0 aliphatic heterocycles. The Kier molecular flexibility index (Phi) is 5.17. The number of benzene rings is 1. The molecule has 14 heavy (non-hydrogen) atoms. The van der Waals surface area contributed by atoms with E-state index < -0.39 is 0 Å². The maximum Gasteiger partial charge on any atom is 0.248 e. The maximum absolute atomic E-state index is 12.4. The van der Waals surface area contributed by atoms with Crippen molar-refractivity contribution in [2.45, 2.75) is 6.92 Å². The topological polar surface area (TPSA) is 60.6 Å². The Morgan fingerprint density at radius 2 is 1.93 bits per heavy atom. The molecule has 0 atom stereocenters. The van der Waals surface area contributed by atoms with E-state index in [1.165, 1.54) is 30.3 Å². The Labute approximate surface area is 81.6 Å². The summed E-state index contributed by atoms with van der Waals surface area (Å²) in [5.74, 6) is -0.529. The molecule has 0 unspecified atom stereocenters. The number of allylic oxidation sites excluding steroid dienone is 1. The van der Waals surface area contributed by atoms with E-state index >= 15 is 0 Å². The van der Waals surface area contributed by atoms with Crippen LogP contribution < -0.4 is 5.32 Å². The molecule has 1 aromatic carbocycles. The monoisotopic (exact) mass is 197 g/mol. The van der Waals surface area contributed by atoms with Crippen molar-refractivity contribution in [1.82, 2.24) is 0 Å². The fourth-order valence-corrected chi connectivity index (χ4v) is 0.869. The van der Waals surface area contributed by atoms with Crippen molar-refractivity contribution >= 4 is 11.6 Å². The van der Waals surface area contributed by atoms with Gasteiger partial charge in [-0.2, -0.15) is 0 Å². The average molecular weight is 197 g/mol. The summed E-state index contributed by atoms with van der Waals surface area (Å²) in [7, 11) is 0. The molecule has 3 N–H and O–H groups in total. The van der Waals surface area contributed by atoms with E-state index in [0.717, 1.165) is 0 Å². The summed E-state index contributed by atoms with van der Waals surface area (Å²) in [6.45, 7) is 1.75. The molecular weight excluding hydrogens is 185 g/mol. The molecule has 0 spiro atoms. The van der Waals surface area contributed by atoms with E-state index in [1.54, 1.807) is 13.0 Å². The Morgan fingerprint density at radius 1 is 1.36 bits per heavy atom. The first kappa shape index (κ1) is 12.3. The average Bonchev–Trinajstić information content (AvgIpc) is 2.09. The minimum absolute atomic E-state index is 0. The van der Waals surface area contributed by atoms with Crippen LogP contribution in [-0.4, -0.2) is 11.4 Å². The summed E-state index contributed by atoms with van der Waals surface area (Å²) in [4.78, 5) is 11.0. The summed E-state index contributed by atoms with van der Waals surface area (Å²) in [5.41, 5.74) is 0.588. The number of carbonyl (C=O) groups is 1. The zero-order valence-corrected chi connectivity index (χ0v) is 7.75. The molecule has 0 aliphatic rings. The summed E-state index contributed by atoms with van der Waals surface area (Å²) in [5, 5.41) is 2.58. The van der Waals surface area contributed by atoms with Crippen molar-refractivity contribution in [2.75, 3.05) is 5.32 Å². The smallest absolute Gasteiger partial charge is 0.248 e. The van der Waals surface area contributed by atoms with Gasteiger partial charge in [0.2, 0.25) is 5.91 Å². The van der Waals surface area contributed by atoms with Crippen LogP contribution in [0.5, 0.6) is 0 Å². The number of rotatable bonds is 2. The first-order valence-corrected chi connectivity index (χ1v) is 3.91. The van der Waals surface area contributed by atoms with Gasteiger partial charge in [-0.1, -0.05) is 6.08 Å². The molecular formula is C10H12FNO2. The lowest BCUT2D eigenvalue weighted by atomic mass is 10.3. The third-order valence-electron chi connectivity index (χ3n) is 1.43. The highest BCUT2D eigenvalue weighted by Crippen LogP contribution is 2.07. The van der Waals surface area contributed by atoms with Crippen molar-refractivity contribution in [2.24, 2.45) is 0 Å². The molecule has 0 aromatic heterocycles. The van der Waals surface area contributed by atoms with Gasteiger partial charge in [-0.3, -0.25) is 4.79 Å². The summed E-state index contributed by atoms with van der Waals surface area (Å²) in [6.07, 6.45) is 3.04. The first-order chi connectivity index (χ1) is 6.22. The SMILES string of the molecule is CC=CC(=O)Nc1ccc(F)cc1.O. The molecule has 0 saturated carbocycles. The first-order valence-electron chi connectivity index (χ1n) is 3.91. The number of carbonyl (C=O) groups excluding carboxylic acids is 1. The lowest BCUT2D eigenvalue weighted by Gasteiger charge is -2.00. The third-order valence-corrected chi connectivity index (χ3v) is 1.43. The van der Waals surface area contributed by atoms with Gasteiger partial charge in [0.15, 0.2) is 0 Å². The van der Waals surface area contributed by atoms with Gasteiger partial charge in [-0.05, 0) is 37.3 Å². The second kappa shape index (κ2) is 5.88. The minimum Gasteiger partial charge on any atom is -0.412 e. The Balaban J connectivity index is 0.00000169. The predicted molar refractivity (Wildman–Crippen MR) is 53.5 cm³/mol. The van der Waals surface area contributed by atoms with E-state index in [9.17, 15) is 9.18 Å². The van der Waals surface area contributed by atoms with Gasteiger partial charge in [0.05, 0.1) is 0 Å². The normalized spacial score (nSPS) is 9.57. The quantitative estimate of drug-likeness (QED) is 0.718. The highest BCUT2D eigenvalue weighted by molar-refractivity contribution is 5.99. The van der Waals surface area contributed by atoms with Crippen LogP contribution in [0.3, 0.4) is 0 Å². The van der Waals surface area contributed by atoms with Crippen LogP contribution in [0.25, 0.3) is 0 Å². The lowest BCUT2D eigenvalue weighted by Crippen LogP contribution is -2.07. The van der Waals surface area contributed by atoms with Crippen molar-refractivity contribution < 1.29 is 14.7 Å². The number of hydrogen-bond acceptors (Lipinski definition) is 1. The Morgan fingerprint density at radius 3 is 2.43 bits per heavy atom. The van der Waals surface area contributed by atoms with Crippen LogP contribution in [0.1, 0.15) is 6.92 Å². The van der Waals surface area contributed by atoms with E-state index in [2.05, 4.69) is 5.32 Å². The van der Waals surface area contributed by atoms with Crippen LogP contribution in [-0.2, 0) is 4.79 Å². The molecule has 3 nitrogen and oxygen atoms in total. The van der Waals surface area contributed by atoms with Gasteiger partial charge in [0, 0.05) is 5.69 Å². The number of halogens is 1. The lowest BCUT2D eigenvalue weighted by molar-refractivity contribution is -0.111. The standard InChI is InChI=1S/C10H10FNO.H2O/c1-2-3-10(13)12-9-6-4-8(11)5-7-9;/h2-7H,1H3,(H,12,13);1H2. The second-order valence-corrected chi connectivity index (χ2v) is 2.50. The molecule has 0 heterocycles. The predicted octanol–water partition coefficient (Wildman–Crippen LogP) is 1.52. The second-order valence-electron chi connectivity index (χ2n) is 2.50. The van der Waals surface area contributed by atoms with Crippen LogP contribution in [0.2, 0.25) is 0 Å². The molecule has 0 aliphatic carbocycles. The number of anilines is 1. The molecule has 1 rings (SSSR count). The largest absolute Gasteiger partial charge is 0.412 e. The fraction of sp³-hybridized carbons (Fsp3) is 0.100. The maximum atomic E-state index is 12.4. The number of nitrogens with one attached hydrogen (secondary N) is 1. The van der Waals surface area contributed by atoms with Crippen LogP contribution >= 0.6 is 0 Å². The van der Waals surface area contributed by atoms with Crippen molar-refractivity contribution in [1.29, 1.82) is 0 Å². The zero-order chi connectivity index (χ0) is 9.68. The molecule has 1 amide bonds. The molecule has 0 saturated heterocycles. The molecule has 1 aromatic rings. The Bertz CT molecular complexity index is 319. The van der Waals surface area contributed by atoms with Crippen molar-refractivity contribution in [3.8, 4) is 0 Å². The third kappa shape index (κ3) is 3.82. The van der Waals surface area contributed by atoms with E-state index in [4.69, 9.17) is 0 Å². The van der Waals surface area contributed by atoms with Gasteiger partial charge in [-0.15, -0.1) is 0 Å². The van der Waals surface area contributed by atoms with Gasteiger partial charge in [-0.25, -0.2) is 4.39 Å². The summed E-state index contributed by atoms with van der Waals surface area (Å²) >= 11 is 0. The van der Waals surface area contributed by atoms with Crippen LogP contribution in [0, 0.1) is 5.82 Å². The highest BCUT2D eigenvalue weighted by atomic mass is 19.1. The Hall–Kier alpha value is -1.68. The fourth-order valence-electron chi connectivity index (χ4n) is 0.869. The zero-order valence-electron chi connectivity index (χ0n) is 7.75. The van der Waals surface area contributed by atoms with Crippen molar-refractivity contribution in [3.63, 3.8) is 0 Å². The van der Waals surface area contributed by atoms with Gasteiger partial charge in [0.25, 0.3) is 0 Å².